The molecule has 114 valence electrons. The zero-order valence-corrected chi connectivity index (χ0v) is 12.1. The van der Waals surface area contributed by atoms with E-state index in [1.165, 1.54) is 24.3 Å². The molecule has 0 aromatic heterocycles. The van der Waals surface area contributed by atoms with E-state index in [4.69, 9.17) is 4.74 Å². The monoisotopic (exact) mass is 302 g/mol. The summed E-state index contributed by atoms with van der Waals surface area (Å²) in [5.41, 5.74) is 1.15. The van der Waals surface area contributed by atoms with Gasteiger partial charge in [-0.3, -0.25) is 20.2 Å². The molecule has 2 rings (SSSR count). The predicted molar refractivity (Wildman–Crippen MR) is 80.0 cm³/mol. The lowest BCUT2D eigenvalue weighted by atomic mass is 10.1. The van der Waals surface area contributed by atoms with Gasteiger partial charge in [-0.15, -0.1) is 0 Å². The van der Waals surface area contributed by atoms with Crippen molar-refractivity contribution < 1.29 is 14.6 Å². The van der Waals surface area contributed by atoms with Gasteiger partial charge in [0.15, 0.2) is 5.75 Å². The van der Waals surface area contributed by atoms with Crippen LogP contribution in [0.2, 0.25) is 0 Å². The number of nitrogens with zero attached hydrogens (tertiary/aromatic N) is 2. The van der Waals surface area contributed by atoms with Crippen molar-refractivity contribution in [1.29, 1.82) is 0 Å². The molecule has 0 aliphatic carbocycles. The zero-order chi connectivity index (χ0) is 16.3. The van der Waals surface area contributed by atoms with Crippen LogP contribution in [0.25, 0.3) is 0 Å². The quantitative estimate of drug-likeness (QED) is 0.615. The summed E-state index contributed by atoms with van der Waals surface area (Å²) in [7, 11) is 0. The number of non-ortho nitro benzene ring substituents is 1. The highest BCUT2D eigenvalue weighted by atomic mass is 16.6. The van der Waals surface area contributed by atoms with E-state index in [2.05, 4.69) is 0 Å². The van der Waals surface area contributed by atoms with Gasteiger partial charge in [0.1, 0.15) is 6.10 Å². The van der Waals surface area contributed by atoms with Gasteiger partial charge in [0.25, 0.3) is 5.69 Å². The highest BCUT2D eigenvalue weighted by Crippen LogP contribution is 2.32. The van der Waals surface area contributed by atoms with E-state index >= 15 is 0 Å². The standard InChI is InChI=1S/C15H14N2O5/c1-10-6-7-15(14(8-10)17(20)21)22-11(2)12-4-3-5-13(9-12)16(18)19/h3-9,11H,1-2H3. The second-order valence-electron chi connectivity index (χ2n) is 4.84. The Morgan fingerprint density at radius 1 is 1.05 bits per heavy atom. The number of ether oxygens (including phenoxy) is 1. The Labute approximate surface area is 126 Å². The first kappa shape index (κ1) is 15.4. The highest BCUT2D eigenvalue weighted by Gasteiger charge is 2.19. The topological polar surface area (TPSA) is 95.5 Å². The molecule has 0 fully saturated rings. The van der Waals surface area contributed by atoms with Crippen molar-refractivity contribution in [3.8, 4) is 5.75 Å². The van der Waals surface area contributed by atoms with Crippen LogP contribution in [0.3, 0.4) is 0 Å². The predicted octanol–water partition coefficient (Wildman–Crippen LogP) is 3.95. The van der Waals surface area contributed by atoms with Gasteiger partial charge >= 0.3 is 5.69 Å². The molecule has 22 heavy (non-hydrogen) atoms. The van der Waals surface area contributed by atoms with Crippen molar-refractivity contribution >= 4 is 11.4 Å². The van der Waals surface area contributed by atoms with Crippen molar-refractivity contribution in [2.45, 2.75) is 20.0 Å². The molecule has 0 amide bonds. The number of rotatable bonds is 5. The largest absolute Gasteiger partial charge is 0.479 e. The summed E-state index contributed by atoms with van der Waals surface area (Å²) in [6.45, 7) is 3.43. The lowest BCUT2D eigenvalue weighted by molar-refractivity contribution is -0.386. The Hall–Kier alpha value is -2.96. The molecule has 0 spiro atoms. The Bertz CT molecular complexity index is 730. The molecule has 0 aliphatic heterocycles. The smallest absolute Gasteiger partial charge is 0.311 e. The maximum absolute atomic E-state index is 11.1. The van der Waals surface area contributed by atoms with Crippen LogP contribution in [-0.2, 0) is 0 Å². The van der Waals surface area contributed by atoms with Gasteiger partial charge in [-0.05, 0) is 31.0 Å². The van der Waals surface area contributed by atoms with Crippen LogP contribution in [0, 0.1) is 27.2 Å². The maximum Gasteiger partial charge on any atom is 0.311 e. The summed E-state index contributed by atoms with van der Waals surface area (Å²) in [4.78, 5) is 20.9. The van der Waals surface area contributed by atoms with E-state index in [1.807, 2.05) is 0 Å². The first-order chi connectivity index (χ1) is 10.4. The summed E-state index contributed by atoms with van der Waals surface area (Å²) in [5, 5.41) is 21.9. The van der Waals surface area contributed by atoms with E-state index in [-0.39, 0.29) is 17.1 Å². The fraction of sp³-hybridized carbons (Fsp3) is 0.200. The van der Waals surface area contributed by atoms with Crippen LogP contribution < -0.4 is 4.74 Å². The Morgan fingerprint density at radius 2 is 1.77 bits per heavy atom. The van der Waals surface area contributed by atoms with Gasteiger partial charge in [0.05, 0.1) is 9.85 Å². The van der Waals surface area contributed by atoms with E-state index in [0.717, 1.165) is 5.56 Å². The van der Waals surface area contributed by atoms with Gasteiger partial charge in [0, 0.05) is 18.2 Å². The number of benzene rings is 2. The summed E-state index contributed by atoms with van der Waals surface area (Å²) in [6.07, 6.45) is -0.554. The molecule has 0 radical (unpaired) electrons. The highest BCUT2D eigenvalue weighted by molar-refractivity contribution is 5.49. The van der Waals surface area contributed by atoms with Crippen molar-refractivity contribution in [2.75, 3.05) is 0 Å². The lowest BCUT2D eigenvalue weighted by Gasteiger charge is -2.15. The molecule has 0 bridgehead atoms. The third-order valence-corrected chi connectivity index (χ3v) is 3.17. The number of nitro groups is 2. The molecule has 0 saturated heterocycles. The average molecular weight is 302 g/mol. The zero-order valence-electron chi connectivity index (χ0n) is 12.1. The van der Waals surface area contributed by atoms with E-state index < -0.39 is 16.0 Å². The minimum atomic E-state index is -0.554. The van der Waals surface area contributed by atoms with Gasteiger partial charge in [0.2, 0.25) is 0 Å². The van der Waals surface area contributed by atoms with E-state index in [0.29, 0.717) is 5.56 Å². The molecule has 2 aromatic carbocycles. The molecule has 0 saturated carbocycles. The first-order valence-corrected chi connectivity index (χ1v) is 6.54. The Morgan fingerprint density at radius 3 is 2.41 bits per heavy atom. The minimum absolute atomic E-state index is 0.0497. The van der Waals surface area contributed by atoms with Gasteiger partial charge in [-0.25, -0.2) is 0 Å². The van der Waals surface area contributed by atoms with E-state index in [1.54, 1.807) is 32.0 Å². The molecule has 0 aliphatic rings. The fourth-order valence-electron chi connectivity index (χ4n) is 2.02. The number of hydrogen-bond donors (Lipinski definition) is 0. The Kier molecular flexibility index (Phi) is 4.36. The molecule has 0 N–H and O–H groups in total. The molecular weight excluding hydrogens is 288 g/mol. The van der Waals surface area contributed by atoms with Crippen molar-refractivity contribution in [3.63, 3.8) is 0 Å². The van der Waals surface area contributed by atoms with Crippen LogP contribution in [0.4, 0.5) is 11.4 Å². The van der Waals surface area contributed by atoms with Gasteiger partial charge < -0.3 is 4.74 Å². The average Bonchev–Trinajstić information content (AvgIpc) is 2.48. The molecule has 2 aromatic rings. The number of aryl methyl sites for hydroxylation is 1. The van der Waals surface area contributed by atoms with Crippen LogP contribution in [0.5, 0.6) is 5.75 Å². The minimum Gasteiger partial charge on any atom is -0.479 e. The van der Waals surface area contributed by atoms with Crippen LogP contribution >= 0.6 is 0 Å². The van der Waals surface area contributed by atoms with Crippen molar-refractivity contribution in [2.24, 2.45) is 0 Å². The Balaban J connectivity index is 2.29. The van der Waals surface area contributed by atoms with Crippen LogP contribution in [-0.4, -0.2) is 9.85 Å². The van der Waals surface area contributed by atoms with E-state index in [9.17, 15) is 20.2 Å². The summed E-state index contributed by atoms with van der Waals surface area (Å²) in [5.74, 6) is 0.134. The summed E-state index contributed by atoms with van der Waals surface area (Å²) >= 11 is 0. The van der Waals surface area contributed by atoms with Gasteiger partial charge in [-0.1, -0.05) is 18.2 Å². The maximum atomic E-state index is 11.1. The third kappa shape index (κ3) is 3.38. The molecule has 1 unspecified atom stereocenters. The fourth-order valence-corrected chi connectivity index (χ4v) is 2.02. The lowest BCUT2D eigenvalue weighted by Crippen LogP contribution is -2.05. The molecular formula is C15H14N2O5. The van der Waals surface area contributed by atoms with Gasteiger partial charge in [-0.2, -0.15) is 0 Å². The van der Waals surface area contributed by atoms with Crippen LogP contribution in [0.15, 0.2) is 42.5 Å². The number of hydrogen-bond acceptors (Lipinski definition) is 5. The van der Waals surface area contributed by atoms with Crippen LogP contribution in [0.1, 0.15) is 24.2 Å². The molecule has 1 atom stereocenters. The molecule has 0 heterocycles. The normalized spacial score (nSPS) is 11.7. The molecule has 7 nitrogen and oxygen atoms in total. The first-order valence-electron chi connectivity index (χ1n) is 6.54. The van der Waals surface area contributed by atoms with Crippen molar-refractivity contribution in [3.05, 3.63) is 73.8 Å². The summed E-state index contributed by atoms with van der Waals surface area (Å²) < 4.78 is 5.62. The second-order valence-corrected chi connectivity index (χ2v) is 4.84. The number of nitro benzene ring substituents is 2. The second kappa shape index (κ2) is 6.21. The van der Waals surface area contributed by atoms with Crippen molar-refractivity contribution in [1.82, 2.24) is 0 Å². The summed E-state index contributed by atoms with van der Waals surface area (Å²) in [6, 6.07) is 10.7. The SMILES string of the molecule is Cc1ccc(OC(C)c2cccc([N+](=O)[O-])c2)c([N+](=O)[O-])c1. The third-order valence-electron chi connectivity index (χ3n) is 3.17. The molecule has 7 heteroatoms.